The third-order valence-electron chi connectivity index (χ3n) is 3.64. The summed E-state index contributed by atoms with van der Waals surface area (Å²) >= 11 is 0. The molecule has 2 heterocycles. The zero-order valence-electron chi connectivity index (χ0n) is 12.1. The second-order valence-electron chi connectivity index (χ2n) is 5.18. The van der Waals surface area contributed by atoms with Gasteiger partial charge in [0.2, 0.25) is 5.91 Å². The minimum atomic E-state index is -1.07. The fourth-order valence-electron chi connectivity index (χ4n) is 2.40. The fourth-order valence-corrected chi connectivity index (χ4v) is 2.40. The van der Waals surface area contributed by atoms with Gasteiger partial charge in [-0.15, -0.1) is 0 Å². The second kappa shape index (κ2) is 7.12. The molecule has 0 saturated carbocycles. The Labute approximate surface area is 123 Å². The first-order valence-corrected chi connectivity index (χ1v) is 7.14. The summed E-state index contributed by atoms with van der Waals surface area (Å²) in [5, 5.41) is 12.1. The summed E-state index contributed by atoms with van der Waals surface area (Å²) < 4.78 is 0. The number of carboxylic acid groups (broad SMARTS) is 1. The largest absolute Gasteiger partial charge is 0.478 e. The van der Waals surface area contributed by atoms with Crippen molar-refractivity contribution in [3.63, 3.8) is 0 Å². The van der Waals surface area contributed by atoms with E-state index < -0.39 is 5.97 Å². The molecule has 1 aromatic rings. The van der Waals surface area contributed by atoms with Crippen LogP contribution in [0.3, 0.4) is 0 Å². The number of likely N-dealkylation sites (tertiary alicyclic amines) is 1. The molecule has 0 aromatic carbocycles. The van der Waals surface area contributed by atoms with Gasteiger partial charge in [0.1, 0.15) is 11.9 Å². The Morgan fingerprint density at radius 3 is 2.76 bits per heavy atom. The number of piperidine rings is 1. The van der Waals surface area contributed by atoms with E-state index in [0.29, 0.717) is 5.69 Å². The molecule has 0 aliphatic carbocycles. The highest BCUT2D eigenvalue weighted by Gasteiger charge is 2.22. The van der Waals surface area contributed by atoms with Crippen LogP contribution >= 0.6 is 0 Å². The van der Waals surface area contributed by atoms with Gasteiger partial charge in [-0.25, -0.2) is 14.8 Å². The van der Waals surface area contributed by atoms with Gasteiger partial charge in [-0.2, -0.15) is 0 Å². The minimum absolute atomic E-state index is 0.0561. The van der Waals surface area contributed by atoms with Gasteiger partial charge in [0, 0.05) is 25.8 Å². The third kappa shape index (κ3) is 3.98. The first kappa shape index (κ1) is 15.4. The number of rotatable bonds is 5. The zero-order chi connectivity index (χ0) is 15.2. The Balaban J connectivity index is 1.93. The molecular weight excluding hydrogens is 272 g/mol. The lowest BCUT2D eigenvalue weighted by Crippen LogP contribution is -2.46. The summed E-state index contributed by atoms with van der Waals surface area (Å²) in [6.45, 7) is 3.63. The van der Waals surface area contributed by atoms with Crippen molar-refractivity contribution in [2.24, 2.45) is 0 Å². The first-order valence-electron chi connectivity index (χ1n) is 7.14. The van der Waals surface area contributed by atoms with Crippen molar-refractivity contribution < 1.29 is 14.7 Å². The fraction of sp³-hybridized carbons (Fsp3) is 0.571. The maximum absolute atomic E-state index is 12.3. The van der Waals surface area contributed by atoms with E-state index in [1.165, 1.54) is 18.9 Å². The van der Waals surface area contributed by atoms with Crippen LogP contribution in [0.15, 0.2) is 12.5 Å². The van der Waals surface area contributed by atoms with Gasteiger partial charge in [0.15, 0.2) is 0 Å². The van der Waals surface area contributed by atoms with Crippen molar-refractivity contribution in [3.8, 4) is 0 Å². The van der Waals surface area contributed by atoms with Crippen molar-refractivity contribution in [2.45, 2.75) is 38.8 Å². The lowest BCUT2D eigenvalue weighted by atomic mass is 10.1. The van der Waals surface area contributed by atoms with Gasteiger partial charge in [-0.1, -0.05) is 0 Å². The molecule has 0 bridgehead atoms. The summed E-state index contributed by atoms with van der Waals surface area (Å²) in [5.74, 6) is -1.01. The number of carbonyl (C=O) groups is 2. The van der Waals surface area contributed by atoms with Crippen molar-refractivity contribution in [3.05, 3.63) is 23.8 Å². The highest BCUT2D eigenvalue weighted by Crippen LogP contribution is 2.10. The minimum Gasteiger partial charge on any atom is -0.478 e. The number of amides is 1. The number of carboxylic acids is 1. The Morgan fingerprint density at radius 1 is 1.38 bits per heavy atom. The van der Waals surface area contributed by atoms with Crippen LogP contribution in [0.5, 0.6) is 0 Å². The quantitative estimate of drug-likeness (QED) is 0.828. The lowest BCUT2D eigenvalue weighted by Gasteiger charge is -2.29. The van der Waals surface area contributed by atoms with E-state index in [9.17, 15) is 9.59 Å². The zero-order valence-corrected chi connectivity index (χ0v) is 12.1. The standard InChI is InChI=1S/C14H20N4O3/c1-10(13(19)18-5-3-2-4-6-18)16-8-12-11(14(20)21)7-15-9-17-12/h7,9-10,16H,2-6,8H2,1H3,(H,20,21). The topological polar surface area (TPSA) is 95.4 Å². The molecule has 0 spiro atoms. The summed E-state index contributed by atoms with van der Waals surface area (Å²) in [6.07, 6.45) is 5.85. The van der Waals surface area contributed by atoms with Gasteiger partial charge < -0.3 is 15.3 Å². The molecule has 1 unspecified atom stereocenters. The molecule has 114 valence electrons. The van der Waals surface area contributed by atoms with E-state index in [-0.39, 0.29) is 24.1 Å². The molecule has 1 aliphatic heterocycles. The summed E-state index contributed by atoms with van der Waals surface area (Å²) in [6, 6.07) is -0.361. The Hall–Kier alpha value is -2.02. The second-order valence-corrected chi connectivity index (χ2v) is 5.18. The average molecular weight is 292 g/mol. The van der Waals surface area contributed by atoms with E-state index in [4.69, 9.17) is 5.11 Å². The van der Waals surface area contributed by atoms with Gasteiger partial charge in [-0.05, 0) is 26.2 Å². The lowest BCUT2D eigenvalue weighted by molar-refractivity contribution is -0.133. The SMILES string of the molecule is CC(NCc1ncncc1C(=O)O)C(=O)N1CCCCC1. The smallest absolute Gasteiger partial charge is 0.339 e. The highest BCUT2D eigenvalue weighted by atomic mass is 16.4. The number of nitrogens with zero attached hydrogens (tertiary/aromatic N) is 3. The Kier molecular flexibility index (Phi) is 5.21. The van der Waals surface area contributed by atoms with Crippen LogP contribution in [0.25, 0.3) is 0 Å². The molecule has 1 fully saturated rings. The van der Waals surface area contributed by atoms with Gasteiger partial charge >= 0.3 is 5.97 Å². The molecule has 1 atom stereocenters. The van der Waals surface area contributed by atoms with E-state index >= 15 is 0 Å². The third-order valence-corrected chi connectivity index (χ3v) is 3.64. The van der Waals surface area contributed by atoms with Crippen LogP contribution in [-0.2, 0) is 11.3 Å². The highest BCUT2D eigenvalue weighted by molar-refractivity contribution is 5.88. The number of hydrogen-bond acceptors (Lipinski definition) is 5. The number of hydrogen-bond donors (Lipinski definition) is 2. The molecule has 1 aromatic heterocycles. The summed E-state index contributed by atoms with van der Waals surface area (Å²) in [7, 11) is 0. The Bertz CT molecular complexity index is 515. The molecular formula is C14H20N4O3. The van der Waals surface area contributed by atoms with Crippen LogP contribution in [0.1, 0.15) is 42.2 Å². The molecule has 21 heavy (non-hydrogen) atoms. The van der Waals surface area contributed by atoms with Crippen molar-refractivity contribution >= 4 is 11.9 Å². The maximum atomic E-state index is 12.3. The first-order chi connectivity index (χ1) is 10.1. The Morgan fingerprint density at radius 2 is 2.10 bits per heavy atom. The van der Waals surface area contributed by atoms with Gasteiger partial charge in [0.05, 0.1) is 11.7 Å². The average Bonchev–Trinajstić information content (AvgIpc) is 2.52. The normalized spacial score (nSPS) is 16.5. The molecule has 1 saturated heterocycles. The van der Waals surface area contributed by atoms with Crippen molar-refractivity contribution in [1.29, 1.82) is 0 Å². The maximum Gasteiger partial charge on any atom is 0.339 e. The van der Waals surface area contributed by atoms with Crippen molar-refractivity contribution in [1.82, 2.24) is 20.2 Å². The number of aromatic nitrogens is 2. The van der Waals surface area contributed by atoms with E-state index in [1.54, 1.807) is 6.92 Å². The molecule has 2 N–H and O–H groups in total. The molecule has 7 heteroatoms. The van der Waals surface area contributed by atoms with Crippen LogP contribution in [0.2, 0.25) is 0 Å². The monoisotopic (exact) mass is 292 g/mol. The van der Waals surface area contributed by atoms with Crippen LogP contribution in [0, 0.1) is 0 Å². The molecule has 1 aliphatic rings. The van der Waals surface area contributed by atoms with Gasteiger partial charge in [-0.3, -0.25) is 4.79 Å². The van der Waals surface area contributed by atoms with Crippen LogP contribution in [0.4, 0.5) is 0 Å². The van der Waals surface area contributed by atoms with Crippen LogP contribution in [-0.4, -0.2) is 51.0 Å². The van der Waals surface area contributed by atoms with E-state index in [0.717, 1.165) is 25.9 Å². The number of nitrogens with one attached hydrogen (secondary N) is 1. The van der Waals surface area contributed by atoms with Crippen LogP contribution < -0.4 is 5.32 Å². The van der Waals surface area contributed by atoms with E-state index in [2.05, 4.69) is 15.3 Å². The predicted molar refractivity (Wildman–Crippen MR) is 75.7 cm³/mol. The summed E-state index contributed by atoms with van der Waals surface area (Å²) in [5.41, 5.74) is 0.443. The van der Waals surface area contributed by atoms with E-state index in [1.807, 2.05) is 4.90 Å². The molecule has 1 amide bonds. The predicted octanol–water partition coefficient (Wildman–Crippen LogP) is 0.665. The van der Waals surface area contributed by atoms with Crippen molar-refractivity contribution in [2.75, 3.05) is 13.1 Å². The number of carbonyl (C=O) groups excluding carboxylic acids is 1. The number of aromatic carboxylic acids is 1. The summed E-state index contributed by atoms with van der Waals surface area (Å²) in [4.78, 5) is 32.8. The molecule has 0 radical (unpaired) electrons. The molecule has 2 rings (SSSR count). The van der Waals surface area contributed by atoms with Gasteiger partial charge in [0.25, 0.3) is 0 Å². The molecule has 7 nitrogen and oxygen atoms in total.